The maximum Gasteiger partial charge on any atom is 0.303 e. The number of hydrogen-bond donors (Lipinski definition) is 1. The molecule has 0 amide bonds. The molecule has 210 valence electrons. The van der Waals surface area contributed by atoms with Crippen LogP contribution < -0.4 is 0 Å². The van der Waals surface area contributed by atoms with E-state index in [2.05, 4.69) is 0 Å². The molecular weight excluding hydrogens is 516 g/mol. The first-order valence-corrected chi connectivity index (χ1v) is 12.9. The predicted molar refractivity (Wildman–Crippen MR) is 143 cm³/mol. The number of aliphatic hydroxyl groups excluding tert-OH is 1. The topological polar surface area (TPSA) is 118 Å². The lowest BCUT2D eigenvalue weighted by Crippen LogP contribution is -2.62. The highest BCUT2D eigenvalue weighted by molar-refractivity contribution is 5.68. The Morgan fingerprint density at radius 1 is 0.650 bits per heavy atom. The van der Waals surface area contributed by atoms with Gasteiger partial charge in [0.2, 0.25) is 0 Å². The zero-order chi connectivity index (χ0) is 28.7. The van der Waals surface area contributed by atoms with Gasteiger partial charge in [-0.25, -0.2) is 0 Å². The summed E-state index contributed by atoms with van der Waals surface area (Å²) in [5.41, 5.74) is 1.33. The molecule has 4 rings (SSSR count). The van der Waals surface area contributed by atoms with Crippen molar-refractivity contribution in [2.75, 3.05) is 6.61 Å². The van der Waals surface area contributed by atoms with E-state index < -0.39 is 54.2 Å². The van der Waals surface area contributed by atoms with Crippen LogP contribution in [0.5, 0.6) is 0 Å². The lowest BCUT2D eigenvalue weighted by Gasteiger charge is -2.44. The molecule has 0 bridgehead atoms. The summed E-state index contributed by atoms with van der Waals surface area (Å²) in [7, 11) is 0. The normalized spacial score (nSPS) is 22.6. The van der Waals surface area contributed by atoms with Crippen LogP contribution in [-0.2, 0) is 43.7 Å². The molecule has 3 aromatic rings. The molecule has 40 heavy (non-hydrogen) atoms. The largest absolute Gasteiger partial charge is 0.456 e. The van der Waals surface area contributed by atoms with Gasteiger partial charge in [0, 0.05) is 20.8 Å². The Morgan fingerprint density at radius 3 is 1.43 bits per heavy atom. The fourth-order valence-electron chi connectivity index (χ4n) is 4.98. The van der Waals surface area contributed by atoms with Crippen LogP contribution in [0.25, 0.3) is 0 Å². The third kappa shape index (κ3) is 6.39. The van der Waals surface area contributed by atoms with Crippen molar-refractivity contribution >= 4 is 17.9 Å². The quantitative estimate of drug-likeness (QED) is 0.244. The molecule has 0 aliphatic carbocycles. The summed E-state index contributed by atoms with van der Waals surface area (Å²) >= 11 is 0. The highest BCUT2D eigenvalue weighted by Crippen LogP contribution is 2.41. The van der Waals surface area contributed by atoms with Gasteiger partial charge < -0.3 is 28.8 Å². The van der Waals surface area contributed by atoms with E-state index in [1.54, 1.807) is 0 Å². The van der Waals surface area contributed by atoms with Crippen molar-refractivity contribution in [2.24, 2.45) is 0 Å². The summed E-state index contributed by atoms with van der Waals surface area (Å²) in [5.74, 6) is -2.15. The molecule has 0 spiro atoms. The van der Waals surface area contributed by atoms with Gasteiger partial charge in [0.05, 0.1) is 6.61 Å². The van der Waals surface area contributed by atoms with E-state index in [4.69, 9.17) is 23.7 Å². The molecule has 1 saturated heterocycles. The molecule has 1 fully saturated rings. The third-order valence-corrected chi connectivity index (χ3v) is 6.52. The maximum absolute atomic E-state index is 12.1. The second kappa shape index (κ2) is 12.9. The van der Waals surface area contributed by atoms with Crippen molar-refractivity contribution in [3.8, 4) is 0 Å². The van der Waals surface area contributed by atoms with Gasteiger partial charge in [-0.3, -0.25) is 14.4 Å². The van der Waals surface area contributed by atoms with Crippen molar-refractivity contribution in [1.82, 2.24) is 0 Å². The summed E-state index contributed by atoms with van der Waals surface area (Å²) in [6.45, 7) is 3.28. The minimum absolute atomic E-state index is 0.210. The second-order valence-corrected chi connectivity index (χ2v) is 9.38. The molecule has 0 radical (unpaired) electrons. The van der Waals surface area contributed by atoms with Gasteiger partial charge in [0.25, 0.3) is 0 Å². The first-order valence-electron chi connectivity index (χ1n) is 12.9. The van der Waals surface area contributed by atoms with Crippen LogP contribution in [0.3, 0.4) is 0 Å². The summed E-state index contributed by atoms with van der Waals surface area (Å²) in [4.78, 5) is 35.9. The Hall–Kier alpha value is -4.05. The molecule has 3 aromatic carbocycles. The number of aliphatic hydroxyl groups is 1. The van der Waals surface area contributed by atoms with E-state index in [1.807, 2.05) is 91.0 Å². The van der Waals surface area contributed by atoms with E-state index >= 15 is 0 Å². The number of rotatable bonds is 9. The van der Waals surface area contributed by atoms with E-state index in [0.717, 1.165) is 30.5 Å². The Bertz CT molecular complexity index is 1180. The fourth-order valence-corrected chi connectivity index (χ4v) is 4.98. The summed E-state index contributed by atoms with van der Waals surface area (Å²) in [6.07, 6.45) is -6.82. The minimum Gasteiger partial charge on any atom is -0.456 e. The average molecular weight is 549 g/mol. The Kier molecular flexibility index (Phi) is 9.31. The van der Waals surface area contributed by atoms with Gasteiger partial charge in [0.1, 0.15) is 11.7 Å². The molecule has 5 atom stereocenters. The van der Waals surface area contributed by atoms with Crippen LogP contribution in [0.15, 0.2) is 91.0 Å². The van der Waals surface area contributed by atoms with Gasteiger partial charge in [-0.05, 0) is 16.7 Å². The van der Waals surface area contributed by atoms with E-state index in [0.29, 0.717) is 0 Å². The Balaban J connectivity index is 1.79. The third-order valence-electron chi connectivity index (χ3n) is 6.52. The van der Waals surface area contributed by atoms with Crippen molar-refractivity contribution in [3.63, 3.8) is 0 Å². The molecule has 1 heterocycles. The zero-order valence-corrected chi connectivity index (χ0v) is 22.5. The summed E-state index contributed by atoms with van der Waals surface area (Å²) in [6, 6.07) is 28.8. The highest BCUT2D eigenvalue weighted by atomic mass is 16.7. The number of carbonyl (C=O) groups is 3. The van der Waals surface area contributed by atoms with Crippen LogP contribution in [-0.4, -0.2) is 60.3 Å². The van der Waals surface area contributed by atoms with Gasteiger partial charge in [-0.15, -0.1) is 0 Å². The lowest BCUT2D eigenvalue weighted by atomic mass is 9.80. The smallest absolute Gasteiger partial charge is 0.303 e. The van der Waals surface area contributed by atoms with Gasteiger partial charge in [0.15, 0.2) is 24.6 Å². The summed E-state index contributed by atoms with van der Waals surface area (Å²) in [5, 5.41) is 10.8. The second-order valence-electron chi connectivity index (χ2n) is 9.38. The Labute approximate surface area is 232 Å². The van der Waals surface area contributed by atoms with Crippen molar-refractivity contribution in [1.29, 1.82) is 0 Å². The molecule has 0 saturated carbocycles. The van der Waals surface area contributed by atoms with E-state index in [9.17, 15) is 19.5 Å². The molecular formula is C31H32O9. The van der Waals surface area contributed by atoms with Crippen LogP contribution in [0, 0.1) is 0 Å². The SMILES string of the molecule is CC(=O)OC1C(O)OC(COC(c2ccccc2)(c2ccccc2)c2ccccc2)C(OC(C)=O)C1OC(C)=O. The monoisotopic (exact) mass is 548 g/mol. The van der Waals surface area contributed by atoms with Crippen LogP contribution in [0.1, 0.15) is 37.5 Å². The molecule has 1 aliphatic rings. The summed E-state index contributed by atoms with van der Waals surface area (Å²) < 4.78 is 28.8. The molecule has 9 nitrogen and oxygen atoms in total. The molecule has 1 N–H and O–H groups in total. The molecule has 5 unspecified atom stereocenters. The molecule has 0 aromatic heterocycles. The highest BCUT2D eigenvalue weighted by Gasteiger charge is 2.52. The number of benzene rings is 3. The standard InChI is InChI=1S/C31H32O9/c1-20(32)37-27-26(40-30(35)29(39-22(3)34)28(27)38-21(2)33)19-36-31(23-13-7-4-8-14-23,24-15-9-5-10-16-24)25-17-11-6-12-18-25/h4-18,26-30,35H,19H2,1-3H3. The van der Waals surface area contributed by atoms with Gasteiger partial charge >= 0.3 is 17.9 Å². The fraction of sp³-hybridized carbons (Fsp3) is 0.323. The maximum atomic E-state index is 12.1. The number of ether oxygens (including phenoxy) is 5. The van der Waals surface area contributed by atoms with Crippen molar-refractivity contribution < 1.29 is 43.2 Å². The first-order chi connectivity index (χ1) is 19.2. The lowest BCUT2D eigenvalue weighted by molar-refractivity contribution is -0.299. The van der Waals surface area contributed by atoms with E-state index in [-0.39, 0.29) is 6.61 Å². The van der Waals surface area contributed by atoms with Gasteiger partial charge in [-0.1, -0.05) is 91.0 Å². The minimum atomic E-state index is -1.69. The number of carbonyl (C=O) groups excluding carboxylic acids is 3. The molecule has 9 heteroatoms. The number of hydrogen-bond acceptors (Lipinski definition) is 9. The Morgan fingerprint density at radius 2 is 1.02 bits per heavy atom. The van der Waals surface area contributed by atoms with Crippen LogP contribution in [0.4, 0.5) is 0 Å². The van der Waals surface area contributed by atoms with Crippen LogP contribution in [0.2, 0.25) is 0 Å². The first kappa shape index (κ1) is 28.9. The van der Waals surface area contributed by atoms with Crippen LogP contribution >= 0.6 is 0 Å². The molecule has 1 aliphatic heterocycles. The van der Waals surface area contributed by atoms with E-state index in [1.165, 1.54) is 6.92 Å². The predicted octanol–water partition coefficient (Wildman–Crippen LogP) is 3.51. The number of esters is 3. The van der Waals surface area contributed by atoms with Gasteiger partial charge in [-0.2, -0.15) is 0 Å². The van der Waals surface area contributed by atoms with Crippen molar-refractivity contribution in [3.05, 3.63) is 108 Å². The van der Waals surface area contributed by atoms with Crippen molar-refractivity contribution in [2.45, 2.75) is 57.1 Å². The average Bonchev–Trinajstić information content (AvgIpc) is 2.94. The zero-order valence-electron chi connectivity index (χ0n) is 22.5.